The second-order valence-corrected chi connectivity index (χ2v) is 5.51. The molecule has 1 aromatic heterocycles. The lowest BCUT2D eigenvalue weighted by Crippen LogP contribution is -2.34. The van der Waals surface area contributed by atoms with Crippen LogP contribution < -0.4 is 16.2 Å². The molecule has 0 saturated carbocycles. The van der Waals surface area contributed by atoms with E-state index < -0.39 is 0 Å². The normalized spacial score (nSPS) is 10.6. The van der Waals surface area contributed by atoms with Crippen molar-refractivity contribution >= 4 is 39.1 Å². The van der Waals surface area contributed by atoms with Crippen LogP contribution in [0.2, 0.25) is 0 Å². The van der Waals surface area contributed by atoms with E-state index in [-0.39, 0.29) is 6.03 Å². The van der Waals surface area contributed by atoms with E-state index in [1.165, 1.54) is 0 Å². The molecule has 0 atom stereocenters. The summed E-state index contributed by atoms with van der Waals surface area (Å²) in [4.78, 5) is 12.2. The molecule has 0 radical (unpaired) electrons. The number of benzene rings is 3. The molecule has 6 nitrogen and oxygen atoms in total. The molecule has 0 spiro atoms. The Hall–Kier alpha value is -3.67. The Balaban J connectivity index is 1.50. The Bertz CT molecular complexity index is 1050. The zero-order chi connectivity index (χ0) is 17.1. The second kappa shape index (κ2) is 6.45. The minimum atomic E-state index is -0.383. The molecule has 0 fully saturated rings. The number of rotatable bonds is 3. The Morgan fingerprint density at radius 1 is 0.800 bits per heavy atom. The largest absolute Gasteiger partial charge is 0.337 e. The maximum absolute atomic E-state index is 12.2. The zero-order valence-electron chi connectivity index (χ0n) is 13.2. The average molecular weight is 329 g/mol. The van der Waals surface area contributed by atoms with Crippen LogP contribution in [0.25, 0.3) is 21.5 Å². The predicted molar refractivity (Wildman–Crippen MR) is 99.3 cm³/mol. The zero-order valence-corrected chi connectivity index (χ0v) is 13.2. The third-order valence-corrected chi connectivity index (χ3v) is 3.90. The van der Waals surface area contributed by atoms with Gasteiger partial charge in [-0.25, -0.2) is 10.2 Å². The van der Waals surface area contributed by atoms with E-state index in [1.807, 2.05) is 66.7 Å². The molecule has 25 heavy (non-hydrogen) atoms. The van der Waals surface area contributed by atoms with Crippen molar-refractivity contribution in [2.45, 2.75) is 0 Å². The first-order valence-electron chi connectivity index (χ1n) is 7.82. The number of amides is 2. The fourth-order valence-corrected chi connectivity index (χ4v) is 2.72. The monoisotopic (exact) mass is 329 g/mol. The van der Waals surface area contributed by atoms with Gasteiger partial charge in [-0.05, 0) is 11.5 Å². The van der Waals surface area contributed by atoms with Gasteiger partial charge in [0.1, 0.15) is 0 Å². The number of carbonyl (C=O) groups excluding carboxylic acids is 1. The molecule has 122 valence electrons. The van der Waals surface area contributed by atoms with Gasteiger partial charge in [-0.1, -0.05) is 60.7 Å². The number of urea groups is 1. The third kappa shape index (κ3) is 3.05. The van der Waals surface area contributed by atoms with Gasteiger partial charge in [-0.3, -0.25) is 5.43 Å². The van der Waals surface area contributed by atoms with Gasteiger partial charge >= 0.3 is 6.03 Å². The van der Waals surface area contributed by atoms with E-state index in [0.717, 1.165) is 27.2 Å². The van der Waals surface area contributed by atoms with Crippen molar-refractivity contribution < 1.29 is 4.79 Å². The van der Waals surface area contributed by atoms with Crippen molar-refractivity contribution in [3.8, 4) is 0 Å². The maximum Gasteiger partial charge on any atom is 0.337 e. The highest BCUT2D eigenvalue weighted by atomic mass is 16.2. The number of hydrazine groups is 1. The molecule has 6 heteroatoms. The van der Waals surface area contributed by atoms with Crippen LogP contribution in [0.5, 0.6) is 0 Å². The highest BCUT2D eigenvalue weighted by Gasteiger charge is 2.07. The van der Waals surface area contributed by atoms with Gasteiger partial charge < -0.3 is 5.32 Å². The highest BCUT2D eigenvalue weighted by molar-refractivity contribution is 6.02. The van der Waals surface area contributed by atoms with E-state index >= 15 is 0 Å². The van der Waals surface area contributed by atoms with Crippen LogP contribution >= 0.6 is 0 Å². The molecule has 0 bridgehead atoms. The first-order chi connectivity index (χ1) is 12.3. The van der Waals surface area contributed by atoms with E-state index in [2.05, 4.69) is 26.4 Å². The molecule has 3 N–H and O–H groups in total. The summed E-state index contributed by atoms with van der Waals surface area (Å²) in [6.07, 6.45) is 1.68. The van der Waals surface area contributed by atoms with Crippen LogP contribution in [0.1, 0.15) is 0 Å². The van der Waals surface area contributed by atoms with E-state index in [1.54, 1.807) is 6.20 Å². The summed E-state index contributed by atoms with van der Waals surface area (Å²) in [5.74, 6) is 0.492. The lowest BCUT2D eigenvalue weighted by Gasteiger charge is -2.12. The Kier molecular flexibility index (Phi) is 3.84. The summed E-state index contributed by atoms with van der Waals surface area (Å²) in [5.41, 5.74) is 6.16. The van der Waals surface area contributed by atoms with E-state index in [4.69, 9.17) is 0 Å². The van der Waals surface area contributed by atoms with Gasteiger partial charge in [-0.15, -0.1) is 5.10 Å². The molecule has 3 aromatic carbocycles. The minimum absolute atomic E-state index is 0.383. The van der Waals surface area contributed by atoms with Crippen molar-refractivity contribution in [1.29, 1.82) is 0 Å². The number of nitrogens with zero attached hydrogens (tertiary/aromatic N) is 2. The van der Waals surface area contributed by atoms with Gasteiger partial charge in [0, 0.05) is 16.2 Å². The fraction of sp³-hybridized carbons (Fsp3) is 0. The molecule has 0 aliphatic heterocycles. The quantitative estimate of drug-likeness (QED) is 0.498. The minimum Gasteiger partial charge on any atom is -0.306 e. The lowest BCUT2D eigenvalue weighted by molar-refractivity contribution is 0.254. The SMILES string of the molecule is O=C(NNc1nncc2ccccc12)Nc1cccc2ccccc12. The summed E-state index contributed by atoms with van der Waals surface area (Å²) in [7, 11) is 0. The van der Waals surface area contributed by atoms with Crippen LogP contribution in [-0.2, 0) is 0 Å². The first-order valence-corrected chi connectivity index (χ1v) is 7.82. The predicted octanol–water partition coefficient (Wildman–Crippen LogP) is 3.93. The molecule has 0 unspecified atom stereocenters. The summed E-state index contributed by atoms with van der Waals surface area (Å²) in [6, 6.07) is 20.9. The number of nitrogens with one attached hydrogen (secondary N) is 3. The number of carbonyl (C=O) groups is 1. The van der Waals surface area contributed by atoms with Crippen LogP contribution in [0.4, 0.5) is 16.3 Å². The number of fused-ring (bicyclic) bond motifs is 2. The summed E-state index contributed by atoms with van der Waals surface area (Å²) < 4.78 is 0. The third-order valence-electron chi connectivity index (χ3n) is 3.90. The van der Waals surface area contributed by atoms with Gasteiger partial charge in [-0.2, -0.15) is 5.10 Å². The maximum atomic E-state index is 12.2. The fourth-order valence-electron chi connectivity index (χ4n) is 2.72. The summed E-state index contributed by atoms with van der Waals surface area (Å²) in [6.45, 7) is 0. The first kappa shape index (κ1) is 14.9. The molecule has 0 aliphatic carbocycles. The van der Waals surface area contributed by atoms with Crippen LogP contribution in [-0.4, -0.2) is 16.2 Å². The van der Waals surface area contributed by atoms with E-state index in [9.17, 15) is 4.79 Å². The summed E-state index contributed by atoms with van der Waals surface area (Å²) in [5, 5.41) is 14.7. The average Bonchev–Trinajstić information content (AvgIpc) is 2.66. The van der Waals surface area contributed by atoms with Crippen LogP contribution in [0.3, 0.4) is 0 Å². The summed E-state index contributed by atoms with van der Waals surface area (Å²) >= 11 is 0. The second-order valence-electron chi connectivity index (χ2n) is 5.51. The Morgan fingerprint density at radius 3 is 2.40 bits per heavy atom. The molecule has 2 amide bonds. The molecule has 0 saturated heterocycles. The van der Waals surface area contributed by atoms with Crippen molar-refractivity contribution in [3.63, 3.8) is 0 Å². The van der Waals surface area contributed by atoms with Crippen molar-refractivity contribution in [2.75, 3.05) is 10.7 Å². The lowest BCUT2D eigenvalue weighted by atomic mass is 10.1. The number of anilines is 2. The van der Waals surface area contributed by atoms with Gasteiger partial charge in [0.15, 0.2) is 5.82 Å². The number of hydrogen-bond acceptors (Lipinski definition) is 4. The van der Waals surface area contributed by atoms with Crippen molar-refractivity contribution in [2.24, 2.45) is 0 Å². The number of hydrogen-bond donors (Lipinski definition) is 3. The van der Waals surface area contributed by atoms with Gasteiger partial charge in [0.25, 0.3) is 0 Å². The standard InChI is InChI=1S/C19H15N5O/c25-19(21-17-11-5-8-13-6-1-3-9-15(13)17)24-23-18-16-10-4-2-7-14(16)12-20-22-18/h1-12H,(H,22,23)(H2,21,24,25). The van der Waals surface area contributed by atoms with E-state index in [0.29, 0.717) is 5.82 Å². The Labute approximate surface area is 143 Å². The highest BCUT2D eigenvalue weighted by Crippen LogP contribution is 2.23. The smallest absolute Gasteiger partial charge is 0.306 e. The van der Waals surface area contributed by atoms with Crippen LogP contribution in [0, 0.1) is 0 Å². The van der Waals surface area contributed by atoms with Gasteiger partial charge in [0.2, 0.25) is 0 Å². The Morgan fingerprint density at radius 2 is 1.52 bits per heavy atom. The molecule has 4 rings (SSSR count). The molecular weight excluding hydrogens is 314 g/mol. The topological polar surface area (TPSA) is 78.9 Å². The number of aromatic nitrogens is 2. The molecule has 0 aliphatic rings. The molecular formula is C19H15N5O. The van der Waals surface area contributed by atoms with Crippen molar-refractivity contribution in [1.82, 2.24) is 15.6 Å². The van der Waals surface area contributed by atoms with Gasteiger partial charge in [0.05, 0.1) is 11.9 Å². The molecule has 1 heterocycles. The molecule has 4 aromatic rings. The van der Waals surface area contributed by atoms with Crippen LogP contribution in [0.15, 0.2) is 72.9 Å². The van der Waals surface area contributed by atoms with Crippen molar-refractivity contribution in [3.05, 3.63) is 72.9 Å².